The Morgan fingerprint density at radius 1 is 0.750 bits per heavy atom. The van der Waals surface area contributed by atoms with Gasteiger partial charge in [-0.05, 0) is 55.0 Å². The second kappa shape index (κ2) is 10.0. The van der Waals surface area contributed by atoms with E-state index >= 15 is 0 Å². The van der Waals surface area contributed by atoms with E-state index in [9.17, 15) is 5.11 Å². The summed E-state index contributed by atoms with van der Waals surface area (Å²) in [6, 6.07) is 13.5. The minimum atomic E-state index is 0.188. The molecule has 0 bridgehead atoms. The van der Waals surface area contributed by atoms with E-state index < -0.39 is 0 Å². The maximum Gasteiger partial charge on any atom is 0.169 e. The van der Waals surface area contributed by atoms with Gasteiger partial charge in [0.1, 0.15) is 5.75 Å². The first kappa shape index (κ1) is 18.4. The standard InChI is InChI=1S/C22H30O2/c1-3-5-7-12-18-13-11-17-21(19(18)14-8-6-4-2)24-22-16-10-9-15-20(22)23/h9-11,13,15-17,23H,3-8,12,14H2,1-2H3. The van der Waals surface area contributed by atoms with Crippen molar-refractivity contribution in [1.29, 1.82) is 0 Å². The molecular formula is C22H30O2. The highest BCUT2D eigenvalue weighted by molar-refractivity contribution is 5.46. The van der Waals surface area contributed by atoms with E-state index in [1.54, 1.807) is 6.07 Å². The van der Waals surface area contributed by atoms with Gasteiger partial charge in [-0.15, -0.1) is 0 Å². The highest BCUT2D eigenvalue weighted by Crippen LogP contribution is 2.34. The average molecular weight is 326 g/mol. The van der Waals surface area contributed by atoms with Crippen molar-refractivity contribution in [2.45, 2.75) is 65.2 Å². The molecule has 1 N–H and O–H groups in total. The van der Waals surface area contributed by atoms with Crippen molar-refractivity contribution in [2.24, 2.45) is 0 Å². The zero-order valence-corrected chi connectivity index (χ0v) is 15.1. The Kier molecular flexibility index (Phi) is 7.67. The van der Waals surface area contributed by atoms with Gasteiger partial charge in [-0.25, -0.2) is 0 Å². The summed E-state index contributed by atoms with van der Waals surface area (Å²) in [6.07, 6.45) is 9.49. The predicted octanol–water partition coefficient (Wildman–Crippen LogP) is 6.65. The smallest absolute Gasteiger partial charge is 0.169 e. The first-order valence-corrected chi connectivity index (χ1v) is 9.32. The van der Waals surface area contributed by atoms with Gasteiger partial charge in [-0.2, -0.15) is 0 Å². The van der Waals surface area contributed by atoms with Crippen LogP contribution < -0.4 is 4.74 Å². The number of ether oxygens (including phenoxy) is 1. The molecular weight excluding hydrogens is 296 g/mol. The summed E-state index contributed by atoms with van der Waals surface area (Å²) >= 11 is 0. The van der Waals surface area contributed by atoms with Crippen molar-refractivity contribution in [3.63, 3.8) is 0 Å². The highest BCUT2D eigenvalue weighted by Gasteiger charge is 2.12. The van der Waals surface area contributed by atoms with Gasteiger partial charge in [0.15, 0.2) is 11.5 Å². The van der Waals surface area contributed by atoms with Gasteiger partial charge in [0.2, 0.25) is 0 Å². The second-order valence-corrected chi connectivity index (χ2v) is 6.38. The first-order chi connectivity index (χ1) is 11.8. The molecule has 0 aliphatic heterocycles. The number of hydrogen-bond acceptors (Lipinski definition) is 2. The maximum absolute atomic E-state index is 9.99. The molecule has 2 heteroatoms. The van der Waals surface area contributed by atoms with Gasteiger partial charge in [-0.1, -0.05) is 63.8 Å². The largest absolute Gasteiger partial charge is 0.504 e. The molecule has 0 spiro atoms. The molecule has 0 aromatic heterocycles. The SMILES string of the molecule is CCCCCc1cccc(Oc2ccccc2O)c1CCCCC. The summed E-state index contributed by atoms with van der Waals surface area (Å²) in [5.41, 5.74) is 2.71. The Morgan fingerprint density at radius 2 is 1.42 bits per heavy atom. The van der Waals surface area contributed by atoms with Crippen LogP contribution in [0.1, 0.15) is 63.5 Å². The van der Waals surface area contributed by atoms with Crippen LogP contribution in [-0.2, 0) is 12.8 Å². The van der Waals surface area contributed by atoms with Crippen molar-refractivity contribution in [1.82, 2.24) is 0 Å². The normalized spacial score (nSPS) is 10.8. The molecule has 0 atom stereocenters. The van der Waals surface area contributed by atoms with Gasteiger partial charge in [0.25, 0.3) is 0 Å². The molecule has 0 saturated heterocycles. The molecule has 2 aromatic rings. The van der Waals surface area contributed by atoms with E-state index in [4.69, 9.17) is 4.74 Å². The molecule has 0 heterocycles. The van der Waals surface area contributed by atoms with Crippen LogP contribution in [0, 0.1) is 0 Å². The van der Waals surface area contributed by atoms with E-state index in [0.717, 1.165) is 18.6 Å². The van der Waals surface area contributed by atoms with Gasteiger partial charge in [-0.3, -0.25) is 0 Å². The van der Waals surface area contributed by atoms with Crippen LogP contribution in [0.4, 0.5) is 0 Å². The van der Waals surface area contributed by atoms with Crippen molar-refractivity contribution in [3.05, 3.63) is 53.6 Å². The maximum atomic E-state index is 9.99. The van der Waals surface area contributed by atoms with E-state index in [0.29, 0.717) is 5.75 Å². The number of phenolic OH excluding ortho intramolecular Hbond substituents is 1. The molecule has 130 valence electrons. The molecule has 0 radical (unpaired) electrons. The molecule has 0 saturated carbocycles. The number of aromatic hydroxyl groups is 1. The number of aryl methyl sites for hydroxylation is 1. The van der Waals surface area contributed by atoms with Crippen LogP contribution in [0.5, 0.6) is 17.2 Å². The third kappa shape index (κ3) is 5.30. The summed E-state index contributed by atoms with van der Waals surface area (Å²) in [6.45, 7) is 4.46. The Bertz CT molecular complexity index is 619. The first-order valence-electron chi connectivity index (χ1n) is 9.32. The van der Waals surface area contributed by atoms with Crippen molar-refractivity contribution in [3.8, 4) is 17.2 Å². The number of para-hydroxylation sites is 2. The van der Waals surface area contributed by atoms with Crippen LogP contribution in [0.25, 0.3) is 0 Å². The third-order valence-corrected chi connectivity index (χ3v) is 4.40. The fourth-order valence-corrected chi connectivity index (χ4v) is 3.00. The highest BCUT2D eigenvalue weighted by atomic mass is 16.5. The lowest BCUT2D eigenvalue weighted by Gasteiger charge is -2.16. The fraction of sp³-hybridized carbons (Fsp3) is 0.455. The number of benzene rings is 2. The number of hydrogen-bond donors (Lipinski definition) is 1. The minimum Gasteiger partial charge on any atom is -0.504 e. The molecule has 0 amide bonds. The zero-order valence-electron chi connectivity index (χ0n) is 15.1. The van der Waals surface area contributed by atoms with Gasteiger partial charge in [0.05, 0.1) is 0 Å². The molecule has 24 heavy (non-hydrogen) atoms. The monoisotopic (exact) mass is 326 g/mol. The minimum absolute atomic E-state index is 0.188. The average Bonchev–Trinajstić information content (AvgIpc) is 2.59. The van der Waals surface area contributed by atoms with Crippen molar-refractivity contribution in [2.75, 3.05) is 0 Å². The quantitative estimate of drug-likeness (QED) is 0.495. The van der Waals surface area contributed by atoms with Crippen molar-refractivity contribution >= 4 is 0 Å². The van der Waals surface area contributed by atoms with Crippen LogP contribution in [-0.4, -0.2) is 5.11 Å². The molecule has 0 aliphatic rings. The van der Waals surface area contributed by atoms with Gasteiger partial charge in [0, 0.05) is 0 Å². The Hall–Kier alpha value is -1.96. The van der Waals surface area contributed by atoms with Crippen LogP contribution in [0.3, 0.4) is 0 Å². The molecule has 0 fully saturated rings. The van der Waals surface area contributed by atoms with Crippen LogP contribution in [0.15, 0.2) is 42.5 Å². The predicted molar refractivity (Wildman–Crippen MR) is 101 cm³/mol. The van der Waals surface area contributed by atoms with E-state index in [1.807, 2.05) is 24.3 Å². The Morgan fingerprint density at radius 3 is 2.12 bits per heavy atom. The zero-order chi connectivity index (χ0) is 17.2. The van der Waals surface area contributed by atoms with Crippen LogP contribution in [0.2, 0.25) is 0 Å². The number of unbranched alkanes of at least 4 members (excludes halogenated alkanes) is 4. The molecule has 0 unspecified atom stereocenters. The van der Waals surface area contributed by atoms with E-state index in [2.05, 4.69) is 26.0 Å². The summed E-state index contributed by atoms with van der Waals surface area (Å²) in [7, 11) is 0. The molecule has 2 rings (SSSR count). The fourth-order valence-electron chi connectivity index (χ4n) is 3.00. The number of rotatable bonds is 10. The summed E-state index contributed by atoms with van der Waals surface area (Å²) in [5, 5.41) is 9.99. The second-order valence-electron chi connectivity index (χ2n) is 6.38. The Labute approximate surface area is 146 Å². The molecule has 2 nitrogen and oxygen atoms in total. The van der Waals surface area contributed by atoms with E-state index in [-0.39, 0.29) is 5.75 Å². The summed E-state index contributed by atoms with van der Waals surface area (Å²) in [5.74, 6) is 1.61. The van der Waals surface area contributed by atoms with Gasteiger partial charge >= 0.3 is 0 Å². The summed E-state index contributed by atoms with van der Waals surface area (Å²) in [4.78, 5) is 0. The van der Waals surface area contributed by atoms with Gasteiger partial charge < -0.3 is 9.84 Å². The Balaban J connectivity index is 2.23. The lowest BCUT2D eigenvalue weighted by atomic mass is 9.96. The summed E-state index contributed by atoms with van der Waals surface area (Å²) < 4.78 is 6.07. The lowest BCUT2D eigenvalue weighted by molar-refractivity contribution is 0.408. The molecule has 0 aliphatic carbocycles. The topological polar surface area (TPSA) is 29.5 Å². The van der Waals surface area contributed by atoms with E-state index in [1.165, 1.54) is 49.7 Å². The number of phenols is 1. The van der Waals surface area contributed by atoms with Crippen LogP contribution >= 0.6 is 0 Å². The molecule has 2 aromatic carbocycles. The van der Waals surface area contributed by atoms with Crippen molar-refractivity contribution < 1.29 is 9.84 Å². The third-order valence-electron chi connectivity index (χ3n) is 4.40. The lowest BCUT2D eigenvalue weighted by Crippen LogP contribution is -1.99.